The minimum absolute atomic E-state index is 0.0224. The number of benzene rings is 1. The first-order valence-electron chi connectivity index (χ1n) is 7.58. The van der Waals surface area contributed by atoms with Crippen LogP contribution in [0.15, 0.2) is 53.2 Å². The molecule has 0 saturated carbocycles. The summed E-state index contributed by atoms with van der Waals surface area (Å²) in [7, 11) is 0. The zero-order valence-electron chi connectivity index (χ0n) is 12.2. The van der Waals surface area contributed by atoms with Crippen LogP contribution in [0.1, 0.15) is 23.4 Å². The molecule has 5 heteroatoms. The summed E-state index contributed by atoms with van der Waals surface area (Å²) < 4.78 is 7.60. The topological polar surface area (TPSA) is 51.3 Å². The van der Waals surface area contributed by atoms with Gasteiger partial charge in [0.15, 0.2) is 5.76 Å². The van der Waals surface area contributed by atoms with Gasteiger partial charge in [-0.3, -0.25) is 9.48 Å². The van der Waals surface area contributed by atoms with Crippen LogP contribution >= 0.6 is 0 Å². The number of nitrogens with zero attached hydrogens (tertiary/aromatic N) is 3. The molecule has 112 valence electrons. The highest BCUT2D eigenvalue weighted by Gasteiger charge is 2.31. The van der Waals surface area contributed by atoms with E-state index in [0.29, 0.717) is 5.76 Å². The number of carbonyl (C=O) groups excluding carboxylic acids is 1. The maximum absolute atomic E-state index is 12.8. The van der Waals surface area contributed by atoms with E-state index in [4.69, 9.17) is 4.42 Å². The van der Waals surface area contributed by atoms with Crippen molar-refractivity contribution in [1.29, 1.82) is 0 Å². The molecule has 1 fully saturated rings. The Morgan fingerprint density at radius 1 is 1.32 bits per heavy atom. The van der Waals surface area contributed by atoms with Crippen molar-refractivity contribution in [3.05, 3.63) is 54.6 Å². The van der Waals surface area contributed by atoms with E-state index in [1.54, 1.807) is 6.20 Å². The fraction of sp³-hybridized carbons (Fsp3) is 0.294. The van der Waals surface area contributed by atoms with E-state index in [9.17, 15) is 4.79 Å². The second-order valence-electron chi connectivity index (χ2n) is 5.67. The predicted molar refractivity (Wildman–Crippen MR) is 82.5 cm³/mol. The Morgan fingerprint density at radius 2 is 2.23 bits per heavy atom. The molecule has 22 heavy (non-hydrogen) atoms. The molecule has 1 aromatic carbocycles. The largest absolute Gasteiger partial charge is 0.451 e. The Balaban J connectivity index is 1.58. The molecule has 0 N–H and O–H groups in total. The van der Waals surface area contributed by atoms with Gasteiger partial charge in [-0.2, -0.15) is 5.10 Å². The number of fused-ring (bicyclic) bond motifs is 1. The Bertz CT molecular complexity index is 758. The first kappa shape index (κ1) is 13.1. The second-order valence-corrected chi connectivity index (χ2v) is 5.67. The van der Waals surface area contributed by atoms with Crippen LogP contribution in [-0.4, -0.2) is 33.2 Å². The van der Waals surface area contributed by atoms with E-state index in [1.165, 1.54) is 0 Å². The number of amides is 1. The standard InChI is InChI=1S/C17H17N3O2/c21-17(16-11-13-5-1-2-7-15(13)22-16)20-10-3-6-14(20)12-19-9-4-8-18-19/h1-2,4-5,7-9,11,14H,3,6,10,12H2/t14-/m0/s1. The van der Waals surface area contributed by atoms with Crippen molar-refractivity contribution in [2.45, 2.75) is 25.4 Å². The quantitative estimate of drug-likeness (QED) is 0.746. The zero-order valence-corrected chi connectivity index (χ0v) is 12.2. The van der Waals surface area contributed by atoms with Gasteiger partial charge < -0.3 is 9.32 Å². The van der Waals surface area contributed by atoms with Crippen molar-refractivity contribution in [2.24, 2.45) is 0 Å². The minimum atomic E-state index is -0.0224. The fourth-order valence-corrected chi connectivity index (χ4v) is 3.15. The SMILES string of the molecule is O=C(c1cc2ccccc2o1)N1CCC[C@H]1Cn1cccn1. The molecule has 1 aliphatic heterocycles. The Kier molecular flexibility index (Phi) is 3.18. The van der Waals surface area contributed by atoms with Crippen LogP contribution in [0.3, 0.4) is 0 Å². The summed E-state index contributed by atoms with van der Waals surface area (Å²) in [6.07, 6.45) is 5.73. The molecule has 0 aliphatic carbocycles. The van der Waals surface area contributed by atoms with Gasteiger partial charge in [0, 0.05) is 24.3 Å². The van der Waals surface area contributed by atoms with Gasteiger partial charge in [0.05, 0.1) is 12.6 Å². The van der Waals surface area contributed by atoms with Crippen molar-refractivity contribution in [3.8, 4) is 0 Å². The lowest BCUT2D eigenvalue weighted by atomic mass is 10.2. The number of aromatic nitrogens is 2. The molecule has 0 bridgehead atoms. The van der Waals surface area contributed by atoms with E-state index in [1.807, 2.05) is 52.2 Å². The molecule has 0 radical (unpaired) electrons. The monoisotopic (exact) mass is 295 g/mol. The van der Waals surface area contributed by atoms with Crippen LogP contribution in [0.25, 0.3) is 11.0 Å². The van der Waals surface area contributed by atoms with Gasteiger partial charge in [0.25, 0.3) is 5.91 Å². The average Bonchev–Trinajstić information content (AvgIpc) is 3.27. The lowest BCUT2D eigenvalue weighted by Crippen LogP contribution is -2.38. The highest BCUT2D eigenvalue weighted by Crippen LogP contribution is 2.25. The Hall–Kier alpha value is -2.56. The van der Waals surface area contributed by atoms with Crippen LogP contribution in [-0.2, 0) is 6.54 Å². The summed E-state index contributed by atoms with van der Waals surface area (Å²) in [5, 5.41) is 5.20. The predicted octanol–water partition coefficient (Wildman–Crippen LogP) is 2.93. The Morgan fingerprint density at radius 3 is 3.05 bits per heavy atom. The van der Waals surface area contributed by atoms with Crippen molar-refractivity contribution >= 4 is 16.9 Å². The number of rotatable bonds is 3. The number of hydrogen-bond donors (Lipinski definition) is 0. The maximum atomic E-state index is 12.8. The van der Waals surface area contributed by atoms with E-state index in [2.05, 4.69) is 5.10 Å². The first-order chi connectivity index (χ1) is 10.8. The maximum Gasteiger partial charge on any atom is 0.289 e. The molecule has 1 amide bonds. The highest BCUT2D eigenvalue weighted by molar-refractivity contribution is 5.96. The summed E-state index contributed by atoms with van der Waals surface area (Å²) in [4.78, 5) is 14.7. The first-order valence-corrected chi connectivity index (χ1v) is 7.58. The van der Waals surface area contributed by atoms with Gasteiger partial charge in [-0.15, -0.1) is 0 Å². The van der Waals surface area contributed by atoms with Crippen molar-refractivity contribution in [1.82, 2.24) is 14.7 Å². The van der Waals surface area contributed by atoms with E-state index >= 15 is 0 Å². The van der Waals surface area contributed by atoms with Gasteiger partial charge in [-0.25, -0.2) is 0 Å². The third-order valence-corrected chi connectivity index (χ3v) is 4.23. The molecule has 3 heterocycles. The van der Waals surface area contributed by atoms with Crippen LogP contribution in [0, 0.1) is 0 Å². The number of likely N-dealkylation sites (tertiary alicyclic amines) is 1. The van der Waals surface area contributed by atoms with Gasteiger partial charge in [-0.1, -0.05) is 18.2 Å². The zero-order chi connectivity index (χ0) is 14.9. The summed E-state index contributed by atoms with van der Waals surface area (Å²) in [5.41, 5.74) is 0.758. The molecule has 1 atom stereocenters. The van der Waals surface area contributed by atoms with Crippen LogP contribution in [0.2, 0.25) is 0 Å². The molecule has 1 aliphatic rings. The molecule has 1 saturated heterocycles. The number of furan rings is 1. The number of hydrogen-bond acceptors (Lipinski definition) is 3. The van der Waals surface area contributed by atoms with E-state index in [-0.39, 0.29) is 11.9 Å². The van der Waals surface area contributed by atoms with Crippen molar-refractivity contribution in [3.63, 3.8) is 0 Å². The van der Waals surface area contributed by atoms with Crippen LogP contribution < -0.4 is 0 Å². The van der Waals surface area contributed by atoms with Crippen molar-refractivity contribution in [2.75, 3.05) is 6.54 Å². The Labute approximate surface area is 128 Å². The average molecular weight is 295 g/mol. The normalized spacial score (nSPS) is 18.2. The van der Waals surface area contributed by atoms with E-state index < -0.39 is 0 Å². The summed E-state index contributed by atoms with van der Waals surface area (Å²) in [6.45, 7) is 1.51. The van der Waals surface area contributed by atoms with Gasteiger partial charge >= 0.3 is 0 Å². The van der Waals surface area contributed by atoms with Crippen LogP contribution in [0.4, 0.5) is 0 Å². The number of para-hydroxylation sites is 1. The second kappa shape index (κ2) is 5.33. The molecular weight excluding hydrogens is 278 g/mol. The van der Waals surface area contributed by atoms with Gasteiger partial charge in [0.2, 0.25) is 0 Å². The highest BCUT2D eigenvalue weighted by atomic mass is 16.3. The lowest BCUT2D eigenvalue weighted by molar-refractivity contribution is 0.0691. The molecule has 2 aromatic heterocycles. The molecule has 0 spiro atoms. The fourth-order valence-electron chi connectivity index (χ4n) is 3.15. The summed E-state index contributed by atoms with van der Waals surface area (Å²) in [5.74, 6) is 0.402. The molecular formula is C17H17N3O2. The molecule has 0 unspecified atom stereocenters. The van der Waals surface area contributed by atoms with E-state index in [0.717, 1.165) is 36.9 Å². The third-order valence-electron chi connectivity index (χ3n) is 4.23. The summed E-state index contributed by atoms with van der Waals surface area (Å²) in [6, 6.07) is 11.6. The summed E-state index contributed by atoms with van der Waals surface area (Å²) >= 11 is 0. The van der Waals surface area contributed by atoms with Gasteiger partial charge in [-0.05, 0) is 31.0 Å². The van der Waals surface area contributed by atoms with Gasteiger partial charge in [0.1, 0.15) is 5.58 Å². The third kappa shape index (κ3) is 2.28. The molecule has 4 rings (SSSR count). The molecule has 3 aromatic rings. The minimum Gasteiger partial charge on any atom is -0.451 e. The van der Waals surface area contributed by atoms with Crippen molar-refractivity contribution < 1.29 is 9.21 Å². The number of carbonyl (C=O) groups is 1. The smallest absolute Gasteiger partial charge is 0.289 e. The molecule has 5 nitrogen and oxygen atoms in total. The van der Waals surface area contributed by atoms with Crippen LogP contribution in [0.5, 0.6) is 0 Å². The lowest BCUT2D eigenvalue weighted by Gasteiger charge is -2.23.